The Morgan fingerprint density at radius 1 is 1.53 bits per heavy atom. The fourth-order valence-electron chi connectivity index (χ4n) is 1.02. The second kappa shape index (κ2) is 6.62. The first-order chi connectivity index (χ1) is 7.13. The maximum absolute atomic E-state index is 10.9. The van der Waals surface area contributed by atoms with E-state index in [0.717, 1.165) is 14.8 Å². The molecular formula is C9H12Br2N2OS. The Balaban J connectivity index is 2.23. The minimum absolute atomic E-state index is 0.0658. The molecule has 1 heterocycles. The average Bonchev–Trinajstić information content (AvgIpc) is 2.53. The van der Waals surface area contributed by atoms with Gasteiger partial charge in [-0.2, -0.15) is 0 Å². The fraction of sp³-hybridized carbons (Fsp3) is 0.444. The zero-order chi connectivity index (χ0) is 11.3. The van der Waals surface area contributed by atoms with Crippen molar-refractivity contribution in [2.45, 2.75) is 13.0 Å². The molecule has 0 aliphatic rings. The van der Waals surface area contributed by atoms with Crippen LogP contribution in [0.5, 0.6) is 0 Å². The molecule has 0 aliphatic carbocycles. The summed E-state index contributed by atoms with van der Waals surface area (Å²) in [5.41, 5.74) is 0. The van der Waals surface area contributed by atoms with Gasteiger partial charge in [0.05, 0.1) is 3.79 Å². The summed E-state index contributed by atoms with van der Waals surface area (Å²) < 4.78 is 2.18. The lowest BCUT2D eigenvalue weighted by atomic mass is 10.4. The van der Waals surface area contributed by atoms with Crippen LogP contribution in [-0.4, -0.2) is 19.5 Å². The Labute approximate surface area is 110 Å². The van der Waals surface area contributed by atoms with Crippen molar-refractivity contribution in [3.8, 4) is 0 Å². The zero-order valence-electron chi connectivity index (χ0n) is 8.27. The van der Waals surface area contributed by atoms with Crippen molar-refractivity contribution in [3.63, 3.8) is 0 Å². The Bertz CT molecular complexity index is 321. The second-order valence-corrected chi connectivity index (χ2v) is 6.24. The smallest absolute Gasteiger partial charge is 0.221 e. The van der Waals surface area contributed by atoms with Crippen molar-refractivity contribution < 1.29 is 4.79 Å². The van der Waals surface area contributed by atoms with Gasteiger partial charge in [0.1, 0.15) is 0 Å². The van der Waals surface area contributed by atoms with E-state index >= 15 is 0 Å². The molecule has 3 nitrogen and oxygen atoms in total. The number of halogens is 2. The molecule has 0 radical (unpaired) electrons. The number of hydrogen-bond acceptors (Lipinski definition) is 3. The monoisotopic (exact) mass is 354 g/mol. The number of carbonyl (C=O) groups is 1. The van der Waals surface area contributed by atoms with E-state index in [2.05, 4.69) is 48.6 Å². The first kappa shape index (κ1) is 13.2. The summed E-state index contributed by atoms with van der Waals surface area (Å²) in [6.45, 7) is 1.50. The molecule has 15 heavy (non-hydrogen) atoms. The predicted octanol–water partition coefficient (Wildman–Crippen LogP) is 2.50. The van der Waals surface area contributed by atoms with Gasteiger partial charge in [0.25, 0.3) is 0 Å². The van der Waals surface area contributed by atoms with Crippen LogP contribution in [0, 0.1) is 0 Å². The quantitative estimate of drug-likeness (QED) is 0.797. The van der Waals surface area contributed by atoms with E-state index in [1.807, 2.05) is 0 Å². The lowest BCUT2D eigenvalue weighted by molar-refractivity contribution is -0.120. The van der Waals surface area contributed by atoms with Crippen molar-refractivity contribution in [1.82, 2.24) is 10.6 Å². The molecule has 1 aromatic heterocycles. The van der Waals surface area contributed by atoms with Gasteiger partial charge >= 0.3 is 0 Å². The second-order valence-electron chi connectivity index (χ2n) is 2.93. The normalized spacial score (nSPS) is 10.3. The molecule has 0 fully saturated rings. The lowest BCUT2D eigenvalue weighted by Gasteiger charge is -2.01. The van der Waals surface area contributed by atoms with Gasteiger partial charge in [-0.1, -0.05) is 0 Å². The molecule has 0 spiro atoms. The average molecular weight is 356 g/mol. The highest BCUT2D eigenvalue weighted by molar-refractivity contribution is 9.13. The summed E-state index contributed by atoms with van der Waals surface area (Å²) in [6.07, 6.45) is 0.518. The number of carbonyl (C=O) groups excluding carboxylic acids is 1. The first-order valence-corrected chi connectivity index (χ1v) is 6.88. The Hall–Kier alpha value is 0.0900. The Morgan fingerprint density at radius 3 is 2.80 bits per heavy atom. The van der Waals surface area contributed by atoms with Crippen LogP contribution in [0.25, 0.3) is 0 Å². The molecular weight excluding hydrogens is 344 g/mol. The van der Waals surface area contributed by atoms with Gasteiger partial charge in [0.15, 0.2) is 0 Å². The maximum Gasteiger partial charge on any atom is 0.221 e. The standard InChI is InChI=1S/C9H12Br2N2OS/c1-12-8(14)2-3-13-5-6-4-7(10)9(11)15-6/h4,13H,2-3,5H2,1H3,(H,12,14). The molecule has 0 unspecified atom stereocenters. The molecule has 0 saturated carbocycles. The van der Waals surface area contributed by atoms with Gasteiger partial charge in [0.2, 0.25) is 5.91 Å². The Morgan fingerprint density at radius 2 is 2.27 bits per heavy atom. The summed E-state index contributed by atoms with van der Waals surface area (Å²) in [4.78, 5) is 12.2. The minimum atomic E-state index is 0.0658. The van der Waals surface area contributed by atoms with Crippen LogP contribution in [0.15, 0.2) is 14.3 Å². The molecule has 0 bridgehead atoms. The van der Waals surface area contributed by atoms with Crippen LogP contribution in [-0.2, 0) is 11.3 Å². The van der Waals surface area contributed by atoms with Crippen LogP contribution < -0.4 is 10.6 Å². The minimum Gasteiger partial charge on any atom is -0.359 e. The van der Waals surface area contributed by atoms with Crippen LogP contribution in [0.3, 0.4) is 0 Å². The van der Waals surface area contributed by atoms with Gasteiger partial charge < -0.3 is 10.6 Å². The van der Waals surface area contributed by atoms with Crippen molar-refractivity contribution in [2.24, 2.45) is 0 Å². The van der Waals surface area contributed by atoms with Gasteiger partial charge in [-0.3, -0.25) is 4.79 Å². The third-order valence-electron chi connectivity index (χ3n) is 1.80. The molecule has 0 saturated heterocycles. The van der Waals surface area contributed by atoms with E-state index in [0.29, 0.717) is 13.0 Å². The SMILES string of the molecule is CNC(=O)CCNCc1cc(Br)c(Br)s1. The van der Waals surface area contributed by atoms with E-state index in [4.69, 9.17) is 0 Å². The zero-order valence-corrected chi connectivity index (χ0v) is 12.3. The third-order valence-corrected chi connectivity index (χ3v) is 5.06. The van der Waals surface area contributed by atoms with E-state index in [-0.39, 0.29) is 5.91 Å². The summed E-state index contributed by atoms with van der Waals surface area (Å²) in [6, 6.07) is 2.07. The van der Waals surface area contributed by atoms with Crippen molar-refractivity contribution in [1.29, 1.82) is 0 Å². The topological polar surface area (TPSA) is 41.1 Å². The summed E-state index contributed by atoms with van der Waals surface area (Å²) in [5.74, 6) is 0.0658. The number of thiophene rings is 1. The molecule has 0 aromatic carbocycles. The van der Waals surface area contributed by atoms with E-state index in [1.54, 1.807) is 18.4 Å². The molecule has 0 aliphatic heterocycles. The van der Waals surface area contributed by atoms with Gasteiger partial charge in [-0.25, -0.2) is 0 Å². The van der Waals surface area contributed by atoms with Gasteiger partial charge in [-0.15, -0.1) is 11.3 Å². The number of hydrogen-bond donors (Lipinski definition) is 2. The van der Waals surface area contributed by atoms with Gasteiger partial charge in [0, 0.05) is 35.9 Å². The molecule has 0 atom stereocenters. The van der Waals surface area contributed by atoms with Crippen molar-refractivity contribution in [3.05, 3.63) is 19.2 Å². The van der Waals surface area contributed by atoms with Crippen LogP contribution in [0.4, 0.5) is 0 Å². The maximum atomic E-state index is 10.9. The third kappa shape index (κ3) is 4.63. The fourth-order valence-corrected chi connectivity index (χ4v) is 3.16. The molecule has 6 heteroatoms. The number of amides is 1. The molecule has 1 aromatic rings. The van der Waals surface area contributed by atoms with E-state index < -0.39 is 0 Å². The van der Waals surface area contributed by atoms with Crippen molar-refractivity contribution in [2.75, 3.05) is 13.6 Å². The van der Waals surface area contributed by atoms with E-state index in [1.165, 1.54) is 4.88 Å². The van der Waals surface area contributed by atoms with Crippen LogP contribution in [0.1, 0.15) is 11.3 Å². The van der Waals surface area contributed by atoms with Gasteiger partial charge in [-0.05, 0) is 37.9 Å². The summed E-state index contributed by atoms with van der Waals surface area (Å²) in [5, 5.41) is 5.80. The largest absolute Gasteiger partial charge is 0.359 e. The van der Waals surface area contributed by atoms with E-state index in [9.17, 15) is 4.79 Å². The lowest BCUT2D eigenvalue weighted by Crippen LogP contribution is -2.24. The number of nitrogens with one attached hydrogen (secondary N) is 2. The molecule has 1 rings (SSSR count). The molecule has 1 amide bonds. The summed E-state index contributed by atoms with van der Waals surface area (Å²) >= 11 is 8.56. The molecule has 2 N–H and O–H groups in total. The highest BCUT2D eigenvalue weighted by atomic mass is 79.9. The van der Waals surface area contributed by atoms with Crippen molar-refractivity contribution >= 4 is 49.1 Å². The first-order valence-electron chi connectivity index (χ1n) is 4.48. The van der Waals surface area contributed by atoms with Crippen LogP contribution >= 0.6 is 43.2 Å². The molecule has 84 valence electrons. The Kier molecular flexibility index (Phi) is 5.81. The predicted molar refractivity (Wildman–Crippen MR) is 70.1 cm³/mol. The van der Waals surface area contributed by atoms with Crippen LogP contribution in [0.2, 0.25) is 0 Å². The highest BCUT2D eigenvalue weighted by Crippen LogP contribution is 2.32. The summed E-state index contributed by atoms with van der Waals surface area (Å²) in [7, 11) is 1.65. The number of rotatable bonds is 5. The highest BCUT2D eigenvalue weighted by Gasteiger charge is 2.03.